The first-order valence-corrected chi connectivity index (χ1v) is 11.0. The Morgan fingerprint density at radius 1 is 0.971 bits per heavy atom. The van der Waals surface area contributed by atoms with Crippen molar-refractivity contribution in [3.8, 4) is 11.4 Å². The van der Waals surface area contributed by atoms with Crippen molar-refractivity contribution in [3.05, 3.63) is 113 Å². The number of anilines is 2. The van der Waals surface area contributed by atoms with Crippen molar-refractivity contribution in [2.75, 3.05) is 10.3 Å². The molecular formula is C27H23N5O2. The Kier molecular flexibility index (Phi) is 5.74. The lowest BCUT2D eigenvalue weighted by atomic mass is 10.0. The van der Waals surface area contributed by atoms with Crippen molar-refractivity contribution < 1.29 is 4.79 Å². The van der Waals surface area contributed by atoms with Crippen LogP contribution in [0.1, 0.15) is 23.7 Å². The van der Waals surface area contributed by atoms with E-state index in [9.17, 15) is 9.59 Å². The van der Waals surface area contributed by atoms with Gasteiger partial charge in [-0.3, -0.25) is 14.6 Å². The van der Waals surface area contributed by atoms with Crippen molar-refractivity contribution in [2.45, 2.75) is 19.4 Å². The second kappa shape index (κ2) is 9.15. The standard InChI is InChI=1S/C27H23N5O2/c1-18-16-25(33)30-26(28-18)20-12-14-21(15-13-20)29-27(34)23-17-24(19-8-4-2-5-9-19)32(31-23)22-10-6-3-7-11-22/h2-16,24H,17H2,1H3,(H,29,34)(H,28,30,33). The molecule has 7 heteroatoms. The van der Waals surface area contributed by atoms with Gasteiger partial charge in [0, 0.05) is 29.4 Å². The van der Waals surface area contributed by atoms with Crippen molar-refractivity contribution >= 4 is 23.0 Å². The van der Waals surface area contributed by atoms with Gasteiger partial charge < -0.3 is 10.3 Å². The van der Waals surface area contributed by atoms with Crippen LogP contribution in [-0.4, -0.2) is 21.6 Å². The Bertz CT molecular complexity index is 1400. The molecule has 34 heavy (non-hydrogen) atoms. The van der Waals surface area contributed by atoms with Gasteiger partial charge in [-0.05, 0) is 48.9 Å². The number of H-pyrrole nitrogens is 1. The fraction of sp³-hybridized carbons (Fsp3) is 0.111. The highest BCUT2D eigenvalue weighted by molar-refractivity contribution is 6.43. The van der Waals surface area contributed by atoms with Gasteiger partial charge in [-0.15, -0.1) is 0 Å². The maximum Gasteiger partial charge on any atom is 0.271 e. The Balaban J connectivity index is 1.36. The highest BCUT2D eigenvalue weighted by Gasteiger charge is 2.32. The summed E-state index contributed by atoms with van der Waals surface area (Å²) in [5.41, 5.74) is 4.34. The van der Waals surface area contributed by atoms with Crippen LogP contribution >= 0.6 is 0 Å². The highest BCUT2D eigenvalue weighted by atomic mass is 16.2. The Hall–Kier alpha value is -4.52. The van der Waals surface area contributed by atoms with Crippen LogP contribution in [0.5, 0.6) is 0 Å². The monoisotopic (exact) mass is 449 g/mol. The van der Waals surface area contributed by atoms with Crippen molar-refractivity contribution in [1.82, 2.24) is 9.97 Å². The van der Waals surface area contributed by atoms with Gasteiger partial charge in [-0.2, -0.15) is 5.10 Å². The van der Waals surface area contributed by atoms with E-state index < -0.39 is 0 Å². The van der Waals surface area contributed by atoms with Crippen molar-refractivity contribution in [1.29, 1.82) is 0 Å². The third kappa shape index (κ3) is 4.49. The first-order chi connectivity index (χ1) is 16.6. The molecule has 0 bridgehead atoms. The van der Waals surface area contributed by atoms with E-state index in [4.69, 9.17) is 0 Å². The number of nitrogens with one attached hydrogen (secondary N) is 2. The summed E-state index contributed by atoms with van der Waals surface area (Å²) in [6, 6.07) is 28.5. The number of hydrogen-bond acceptors (Lipinski definition) is 5. The van der Waals surface area contributed by atoms with Crippen LogP contribution in [0.25, 0.3) is 11.4 Å². The van der Waals surface area contributed by atoms with E-state index in [1.165, 1.54) is 6.07 Å². The third-order valence-electron chi connectivity index (χ3n) is 5.66. The van der Waals surface area contributed by atoms with Gasteiger partial charge in [0.15, 0.2) is 0 Å². The second-order valence-electron chi connectivity index (χ2n) is 8.12. The molecule has 0 aliphatic carbocycles. The molecule has 1 aliphatic rings. The van der Waals surface area contributed by atoms with Crippen LogP contribution in [0, 0.1) is 6.92 Å². The Labute approximate surface area is 196 Å². The number of aromatic nitrogens is 2. The fourth-order valence-corrected chi connectivity index (χ4v) is 4.03. The predicted octanol–water partition coefficient (Wildman–Crippen LogP) is 4.69. The minimum absolute atomic E-state index is 0.0593. The minimum atomic E-state index is -0.241. The van der Waals surface area contributed by atoms with Crippen LogP contribution in [0.15, 0.2) is 101 Å². The normalized spacial score (nSPS) is 15.1. The number of para-hydroxylation sites is 1. The number of benzene rings is 3. The number of aromatic amines is 1. The molecule has 0 fully saturated rings. The summed E-state index contributed by atoms with van der Waals surface area (Å²) in [6.45, 7) is 1.77. The smallest absolute Gasteiger partial charge is 0.271 e. The molecule has 1 atom stereocenters. The molecule has 1 aromatic heterocycles. The Morgan fingerprint density at radius 3 is 2.32 bits per heavy atom. The molecule has 1 amide bonds. The zero-order valence-electron chi connectivity index (χ0n) is 18.6. The molecule has 0 saturated carbocycles. The summed E-state index contributed by atoms with van der Waals surface area (Å²) in [5, 5.41) is 9.54. The van der Waals surface area contributed by atoms with Gasteiger partial charge in [0.25, 0.3) is 11.5 Å². The lowest BCUT2D eigenvalue weighted by molar-refractivity contribution is -0.110. The van der Waals surface area contributed by atoms with Gasteiger partial charge in [-0.1, -0.05) is 48.5 Å². The quantitative estimate of drug-likeness (QED) is 0.462. The van der Waals surface area contributed by atoms with Crippen LogP contribution in [0.3, 0.4) is 0 Å². The van der Waals surface area contributed by atoms with E-state index in [0.29, 0.717) is 29.3 Å². The van der Waals surface area contributed by atoms with Gasteiger partial charge in [0.1, 0.15) is 11.5 Å². The summed E-state index contributed by atoms with van der Waals surface area (Å²) in [6.07, 6.45) is 0.497. The van der Waals surface area contributed by atoms with Crippen LogP contribution in [0.2, 0.25) is 0 Å². The number of rotatable bonds is 5. The number of nitrogens with zero attached hydrogens (tertiary/aromatic N) is 3. The molecule has 7 nitrogen and oxygen atoms in total. The van der Waals surface area contributed by atoms with E-state index >= 15 is 0 Å². The maximum absolute atomic E-state index is 13.1. The zero-order chi connectivity index (χ0) is 23.5. The van der Waals surface area contributed by atoms with Crippen LogP contribution in [-0.2, 0) is 4.79 Å². The number of hydrogen-bond donors (Lipinski definition) is 2. The molecule has 0 radical (unpaired) electrons. The van der Waals surface area contributed by atoms with E-state index in [1.54, 1.807) is 19.1 Å². The summed E-state index contributed by atoms with van der Waals surface area (Å²) in [7, 11) is 0. The lowest BCUT2D eigenvalue weighted by Crippen LogP contribution is -2.22. The SMILES string of the molecule is Cc1cc(=O)[nH]c(-c2ccc(NC(=O)C3=NN(c4ccccc4)C(c4ccccc4)C3)cc2)n1. The first kappa shape index (κ1) is 21.3. The molecule has 0 spiro atoms. The van der Waals surface area contributed by atoms with E-state index in [2.05, 4.69) is 32.5 Å². The number of carbonyl (C=O) groups excluding carboxylic acids is 1. The van der Waals surface area contributed by atoms with E-state index in [-0.39, 0.29) is 17.5 Å². The molecule has 1 aliphatic heterocycles. The fourth-order valence-electron chi connectivity index (χ4n) is 4.03. The van der Waals surface area contributed by atoms with E-state index in [0.717, 1.165) is 16.8 Å². The summed E-state index contributed by atoms with van der Waals surface area (Å²) in [4.78, 5) is 31.9. The van der Waals surface area contributed by atoms with Gasteiger partial charge in [0.05, 0.1) is 11.7 Å². The third-order valence-corrected chi connectivity index (χ3v) is 5.66. The van der Waals surface area contributed by atoms with Gasteiger partial charge in [-0.25, -0.2) is 4.98 Å². The molecule has 168 valence electrons. The topological polar surface area (TPSA) is 90.4 Å². The number of amides is 1. The van der Waals surface area contributed by atoms with Crippen molar-refractivity contribution in [3.63, 3.8) is 0 Å². The highest BCUT2D eigenvalue weighted by Crippen LogP contribution is 2.35. The number of hydrazone groups is 1. The molecule has 5 rings (SSSR count). The average molecular weight is 450 g/mol. The number of carbonyl (C=O) groups is 1. The average Bonchev–Trinajstić information content (AvgIpc) is 3.31. The Morgan fingerprint density at radius 2 is 1.65 bits per heavy atom. The van der Waals surface area contributed by atoms with Gasteiger partial charge in [0.2, 0.25) is 0 Å². The summed E-state index contributed by atoms with van der Waals surface area (Å²) >= 11 is 0. The summed E-state index contributed by atoms with van der Waals surface area (Å²) in [5.74, 6) is 0.251. The molecular weight excluding hydrogens is 426 g/mol. The van der Waals surface area contributed by atoms with Crippen molar-refractivity contribution in [2.24, 2.45) is 5.10 Å². The lowest BCUT2D eigenvalue weighted by Gasteiger charge is -2.23. The van der Waals surface area contributed by atoms with Crippen LogP contribution < -0.4 is 15.9 Å². The molecule has 2 N–H and O–H groups in total. The zero-order valence-corrected chi connectivity index (χ0v) is 18.6. The number of aryl methyl sites for hydroxylation is 1. The molecule has 0 saturated heterocycles. The maximum atomic E-state index is 13.1. The van der Waals surface area contributed by atoms with E-state index in [1.807, 2.05) is 65.7 Å². The van der Waals surface area contributed by atoms with Gasteiger partial charge >= 0.3 is 0 Å². The molecule has 3 aromatic carbocycles. The minimum Gasteiger partial charge on any atom is -0.321 e. The largest absolute Gasteiger partial charge is 0.321 e. The summed E-state index contributed by atoms with van der Waals surface area (Å²) < 4.78 is 0. The molecule has 4 aromatic rings. The van der Waals surface area contributed by atoms with Crippen LogP contribution in [0.4, 0.5) is 11.4 Å². The molecule has 1 unspecified atom stereocenters. The predicted molar refractivity (Wildman–Crippen MR) is 134 cm³/mol. The molecule has 2 heterocycles. The first-order valence-electron chi connectivity index (χ1n) is 11.0. The second-order valence-corrected chi connectivity index (χ2v) is 8.12.